The van der Waals surface area contributed by atoms with E-state index in [0.29, 0.717) is 24.6 Å². The van der Waals surface area contributed by atoms with Crippen molar-refractivity contribution >= 4 is 11.7 Å². The number of pyridine rings is 1. The molecule has 8 heteroatoms. The lowest BCUT2D eigenvalue weighted by Gasteiger charge is -2.40. The summed E-state index contributed by atoms with van der Waals surface area (Å²) in [7, 11) is 1.62. The highest BCUT2D eigenvalue weighted by Gasteiger charge is 2.48. The summed E-state index contributed by atoms with van der Waals surface area (Å²) in [6.45, 7) is 10.2. The minimum Gasteiger partial charge on any atom is -0.493 e. The lowest BCUT2D eigenvalue weighted by Crippen LogP contribution is -2.54. The third-order valence-electron chi connectivity index (χ3n) is 7.78. The van der Waals surface area contributed by atoms with Gasteiger partial charge in [0.05, 0.1) is 32.9 Å². The second kappa shape index (κ2) is 10.0. The molecule has 0 aliphatic carbocycles. The third-order valence-corrected chi connectivity index (χ3v) is 7.78. The molecule has 1 aromatic carbocycles. The summed E-state index contributed by atoms with van der Waals surface area (Å²) in [5, 5.41) is 19.9. The van der Waals surface area contributed by atoms with E-state index >= 15 is 0 Å². The van der Waals surface area contributed by atoms with Gasteiger partial charge in [-0.3, -0.25) is 4.79 Å². The lowest BCUT2D eigenvalue weighted by molar-refractivity contribution is -0.131. The molecule has 0 bridgehead atoms. The van der Waals surface area contributed by atoms with Crippen molar-refractivity contribution in [2.75, 3.05) is 44.8 Å². The second-order valence-electron chi connectivity index (χ2n) is 10.2. The average Bonchev–Trinajstić information content (AvgIpc) is 3.17. The zero-order valence-electron chi connectivity index (χ0n) is 21.3. The minimum atomic E-state index is -0.614. The number of aliphatic hydroxyl groups excluding tert-OH is 2. The van der Waals surface area contributed by atoms with Crippen molar-refractivity contribution in [3.63, 3.8) is 0 Å². The number of rotatable bonds is 8. The molecule has 4 rings (SSSR count). The topological polar surface area (TPSA) is 95.4 Å². The molecular formula is C27H37N3O5. The van der Waals surface area contributed by atoms with Gasteiger partial charge in [-0.05, 0) is 55.7 Å². The molecule has 2 saturated heterocycles. The highest BCUT2D eigenvalue weighted by Crippen LogP contribution is 2.47. The molecule has 2 fully saturated rings. The Morgan fingerprint density at radius 1 is 1.20 bits per heavy atom. The molecule has 0 saturated carbocycles. The number of carbonyl (C=O) groups excluding carboxylic acids is 1. The van der Waals surface area contributed by atoms with Crippen molar-refractivity contribution in [2.45, 2.75) is 52.2 Å². The van der Waals surface area contributed by atoms with Gasteiger partial charge in [0.2, 0.25) is 5.91 Å². The molecule has 2 N–H and O–H groups in total. The van der Waals surface area contributed by atoms with Crippen LogP contribution in [0.3, 0.4) is 0 Å². The summed E-state index contributed by atoms with van der Waals surface area (Å²) in [5.74, 6) is 2.11. The summed E-state index contributed by atoms with van der Waals surface area (Å²) in [6, 6.07) is 7.98. The number of hydrogen-bond donors (Lipinski definition) is 2. The van der Waals surface area contributed by atoms with Crippen LogP contribution in [0.25, 0.3) is 0 Å². The molecule has 0 radical (unpaired) electrons. The van der Waals surface area contributed by atoms with Gasteiger partial charge in [0.1, 0.15) is 11.9 Å². The molecule has 0 unspecified atom stereocenters. The fourth-order valence-corrected chi connectivity index (χ4v) is 5.03. The number of aliphatic hydroxyl groups is 2. The van der Waals surface area contributed by atoms with Gasteiger partial charge in [0, 0.05) is 37.0 Å². The van der Waals surface area contributed by atoms with E-state index in [9.17, 15) is 15.0 Å². The Kier molecular flexibility index (Phi) is 7.24. The van der Waals surface area contributed by atoms with Crippen molar-refractivity contribution < 1.29 is 24.5 Å². The number of hydrogen-bond acceptors (Lipinski definition) is 7. The lowest BCUT2D eigenvalue weighted by atomic mass is 9.72. The predicted molar refractivity (Wildman–Crippen MR) is 134 cm³/mol. The number of anilines is 1. The number of carbonyl (C=O) groups is 1. The van der Waals surface area contributed by atoms with Crippen molar-refractivity contribution in [1.82, 2.24) is 9.88 Å². The maximum absolute atomic E-state index is 12.5. The number of aromatic nitrogens is 1. The van der Waals surface area contributed by atoms with Crippen molar-refractivity contribution in [3.8, 4) is 11.5 Å². The number of likely N-dealkylation sites (tertiary alicyclic amines) is 1. The first kappa shape index (κ1) is 25.3. The molecule has 2 aliphatic rings. The van der Waals surface area contributed by atoms with Gasteiger partial charge in [-0.2, -0.15) is 0 Å². The van der Waals surface area contributed by atoms with Crippen LogP contribution in [0.15, 0.2) is 30.5 Å². The molecule has 8 nitrogen and oxygen atoms in total. The molecule has 3 atom stereocenters. The Labute approximate surface area is 207 Å². The standard InChI is InChI=1S/C27H37N3O5/c1-17-10-25(28-12-18(17)2)29-13-21(14-29)35-24-11-20(6-7-23(24)34-5)22-15-30(26(33)8-9-31)16-27(22,4)19(3)32/h6-7,10-12,19,21-22,31-32H,8-9,13-16H2,1-5H3/t19-,22+,27+/m1/s1. The van der Waals surface area contributed by atoms with Crippen LogP contribution in [0, 0.1) is 19.3 Å². The Morgan fingerprint density at radius 3 is 2.57 bits per heavy atom. The van der Waals surface area contributed by atoms with E-state index in [-0.39, 0.29) is 31.0 Å². The van der Waals surface area contributed by atoms with Gasteiger partial charge in [-0.15, -0.1) is 0 Å². The van der Waals surface area contributed by atoms with E-state index in [0.717, 1.165) is 24.5 Å². The van der Waals surface area contributed by atoms with Crippen LogP contribution in [0.1, 0.15) is 42.9 Å². The summed E-state index contributed by atoms with van der Waals surface area (Å²) in [6.07, 6.45) is 1.39. The molecule has 2 aromatic rings. The number of nitrogens with zero attached hydrogens (tertiary/aromatic N) is 3. The zero-order valence-corrected chi connectivity index (χ0v) is 21.3. The summed E-state index contributed by atoms with van der Waals surface area (Å²) in [5.41, 5.74) is 2.88. The highest BCUT2D eigenvalue weighted by atomic mass is 16.5. The van der Waals surface area contributed by atoms with Crippen LogP contribution in [0.2, 0.25) is 0 Å². The molecule has 3 heterocycles. The fraction of sp³-hybridized carbons (Fsp3) is 0.556. The zero-order chi connectivity index (χ0) is 25.3. The van der Waals surface area contributed by atoms with Crippen molar-refractivity contribution in [1.29, 1.82) is 0 Å². The Hall–Kier alpha value is -2.84. The number of ether oxygens (including phenoxy) is 2. The largest absolute Gasteiger partial charge is 0.493 e. The second-order valence-corrected chi connectivity index (χ2v) is 10.2. The van der Waals surface area contributed by atoms with Gasteiger partial charge >= 0.3 is 0 Å². The van der Waals surface area contributed by atoms with E-state index in [2.05, 4.69) is 29.8 Å². The van der Waals surface area contributed by atoms with Gasteiger partial charge in [0.15, 0.2) is 11.5 Å². The molecule has 2 aliphatic heterocycles. The van der Waals surface area contributed by atoms with Gasteiger partial charge in [-0.25, -0.2) is 4.98 Å². The third kappa shape index (κ3) is 4.95. The maximum Gasteiger partial charge on any atom is 0.224 e. The quantitative estimate of drug-likeness (QED) is 0.596. The van der Waals surface area contributed by atoms with Crippen LogP contribution in [0.5, 0.6) is 11.5 Å². The Bertz CT molecular complexity index is 1070. The highest BCUT2D eigenvalue weighted by molar-refractivity contribution is 5.77. The molecule has 1 aromatic heterocycles. The molecule has 1 amide bonds. The number of benzene rings is 1. The molecule has 35 heavy (non-hydrogen) atoms. The first-order valence-corrected chi connectivity index (χ1v) is 12.3. The van der Waals surface area contributed by atoms with Gasteiger partial charge in [0.25, 0.3) is 0 Å². The van der Waals surface area contributed by atoms with Crippen LogP contribution in [0.4, 0.5) is 5.82 Å². The van der Waals surface area contributed by atoms with E-state index in [1.54, 1.807) is 18.9 Å². The number of aryl methyl sites for hydroxylation is 2. The van der Waals surface area contributed by atoms with Crippen LogP contribution in [-0.4, -0.2) is 78.1 Å². The van der Waals surface area contributed by atoms with E-state index < -0.39 is 11.5 Å². The van der Waals surface area contributed by atoms with Crippen molar-refractivity contribution in [3.05, 3.63) is 47.2 Å². The first-order chi connectivity index (χ1) is 16.7. The monoisotopic (exact) mass is 483 g/mol. The number of methoxy groups -OCH3 is 1. The van der Waals surface area contributed by atoms with Crippen LogP contribution < -0.4 is 14.4 Å². The van der Waals surface area contributed by atoms with Gasteiger partial charge < -0.3 is 29.5 Å². The smallest absolute Gasteiger partial charge is 0.224 e. The first-order valence-electron chi connectivity index (χ1n) is 12.3. The fourth-order valence-electron chi connectivity index (χ4n) is 5.03. The van der Waals surface area contributed by atoms with Crippen LogP contribution in [-0.2, 0) is 4.79 Å². The SMILES string of the molecule is COc1ccc([C@@H]2CN(C(=O)CCO)C[C@@]2(C)[C@@H](C)O)cc1OC1CN(c2cc(C)c(C)cn2)C1. The normalized spacial score (nSPS) is 23.2. The summed E-state index contributed by atoms with van der Waals surface area (Å²) >= 11 is 0. The summed E-state index contributed by atoms with van der Waals surface area (Å²) < 4.78 is 11.9. The van der Waals surface area contributed by atoms with E-state index in [1.807, 2.05) is 31.3 Å². The van der Waals surface area contributed by atoms with E-state index in [4.69, 9.17) is 9.47 Å². The summed E-state index contributed by atoms with van der Waals surface area (Å²) in [4.78, 5) is 21.0. The van der Waals surface area contributed by atoms with Crippen molar-refractivity contribution in [2.24, 2.45) is 5.41 Å². The van der Waals surface area contributed by atoms with Crippen LogP contribution >= 0.6 is 0 Å². The predicted octanol–water partition coefficient (Wildman–Crippen LogP) is 2.67. The van der Waals surface area contributed by atoms with Gasteiger partial charge in [-0.1, -0.05) is 13.0 Å². The maximum atomic E-state index is 12.5. The number of amides is 1. The minimum absolute atomic E-state index is 0.0110. The Balaban J connectivity index is 1.51. The molecule has 190 valence electrons. The molecule has 0 spiro atoms. The average molecular weight is 484 g/mol. The molecular weight excluding hydrogens is 446 g/mol. The van der Waals surface area contributed by atoms with E-state index in [1.165, 1.54) is 11.1 Å². The Morgan fingerprint density at radius 2 is 1.94 bits per heavy atom.